The lowest BCUT2D eigenvalue weighted by atomic mass is 10.1. The standard InChI is InChI=1S/C8H12FN3/c9-3-5-12-4-1-2-7-8(12)6-10-11-7/h6H,1-5H2,(H,10,11). The normalized spacial score (nSPS) is 16.2. The number of aromatic nitrogens is 2. The monoisotopic (exact) mass is 169 g/mol. The van der Waals surface area contributed by atoms with Crippen molar-refractivity contribution in [2.75, 3.05) is 24.7 Å². The van der Waals surface area contributed by atoms with E-state index in [1.807, 2.05) is 4.90 Å². The lowest BCUT2D eigenvalue weighted by Crippen LogP contribution is -2.30. The molecule has 0 unspecified atom stereocenters. The Morgan fingerprint density at radius 1 is 1.67 bits per heavy atom. The van der Waals surface area contributed by atoms with Gasteiger partial charge in [0, 0.05) is 13.1 Å². The summed E-state index contributed by atoms with van der Waals surface area (Å²) in [6, 6.07) is 0. The molecule has 2 heterocycles. The highest BCUT2D eigenvalue weighted by atomic mass is 19.1. The van der Waals surface area contributed by atoms with Gasteiger partial charge in [0.05, 0.1) is 17.6 Å². The maximum atomic E-state index is 12.1. The molecule has 1 aromatic rings. The zero-order chi connectivity index (χ0) is 8.39. The minimum atomic E-state index is -0.287. The fourth-order valence-electron chi connectivity index (χ4n) is 1.66. The number of halogens is 1. The minimum absolute atomic E-state index is 0.287. The van der Waals surface area contributed by atoms with E-state index in [1.165, 1.54) is 0 Å². The van der Waals surface area contributed by atoms with Crippen LogP contribution in [0.3, 0.4) is 0 Å². The molecular formula is C8H12FN3. The van der Waals surface area contributed by atoms with E-state index in [9.17, 15) is 4.39 Å². The molecule has 12 heavy (non-hydrogen) atoms. The van der Waals surface area contributed by atoms with Crippen LogP contribution in [0, 0.1) is 0 Å². The van der Waals surface area contributed by atoms with Crippen molar-refractivity contribution in [2.45, 2.75) is 12.8 Å². The van der Waals surface area contributed by atoms with Crippen LogP contribution in [-0.4, -0.2) is 30.0 Å². The number of alkyl halides is 1. The Balaban J connectivity index is 2.19. The first kappa shape index (κ1) is 7.58. The van der Waals surface area contributed by atoms with E-state index >= 15 is 0 Å². The second-order valence-electron chi connectivity index (χ2n) is 3.01. The second-order valence-corrected chi connectivity index (χ2v) is 3.01. The number of hydrogen-bond donors (Lipinski definition) is 1. The van der Waals surface area contributed by atoms with Crippen LogP contribution < -0.4 is 4.90 Å². The van der Waals surface area contributed by atoms with Crippen molar-refractivity contribution >= 4 is 5.69 Å². The van der Waals surface area contributed by atoms with Crippen LogP contribution in [0.2, 0.25) is 0 Å². The van der Waals surface area contributed by atoms with Crippen molar-refractivity contribution in [3.05, 3.63) is 11.9 Å². The Hall–Kier alpha value is -1.06. The molecule has 0 aromatic carbocycles. The molecule has 0 radical (unpaired) electrons. The molecule has 3 nitrogen and oxygen atoms in total. The fourth-order valence-corrected chi connectivity index (χ4v) is 1.66. The summed E-state index contributed by atoms with van der Waals surface area (Å²) in [5.41, 5.74) is 2.23. The summed E-state index contributed by atoms with van der Waals surface area (Å²) in [7, 11) is 0. The van der Waals surface area contributed by atoms with Gasteiger partial charge >= 0.3 is 0 Å². The highest BCUT2D eigenvalue weighted by Gasteiger charge is 2.17. The van der Waals surface area contributed by atoms with E-state index in [0.29, 0.717) is 6.54 Å². The molecule has 0 spiro atoms. The number of nitrogens with one attached hydrogen (secondary N) is 1. The predicted molar refractivity (Wildman–Crippen MR) is 45.1 cm³/mol. The molecule has 1 aliphatic heterocycles. The Morgan fingerprint density at radius 3 is 3.42 bits per heavy atom. The van der Waals surface area contributed by atoms with Gasteiger partial charge in [0.15, 0.2) is 0 Å². The van der Waals surface area contributed by atoms with Gasteiger partial charge < -0.3 is 4.90 Å². The average molecular weight is 169 g/mol. The fraction of sp³-hybridized carbons (Fsp3) is 0.625. The van der Waals surface area contributed by atoms with Gasteiger partial charge in [0.25, 0.3) is 0 Å². The molecule has 0 bridgehead atoms. The van der Waals surface area contributed by atoms with Crippen LogP contribution in [0.15, 0.2) is 6.20 Å². The van der Waals surface area contributed by atoms with E-state index in [4.69, 9.17) is 0 Å². The summed E-state index contributed by atoms with van der Waals surface area (Å²) in [5, 5.41) is 6.88. The summed E-state index contributed by atoms with van der Waals surface area (Å²) in [6.07, 6.45) is 3.91. The van der Waals surface area contributed by atoms with Crippen LogP contribution >= 0.6 is 0 Å². The predicted octanol–water partition coefficient (Wildman–Crippen LogP) is 1.13. The zero-order valence-electron chi connectivity index (χ0n) is 6.89. The number of aromatic amines is 1. The number of rotatable bonds is 2. The quantitative estimate of drug-likeness (QED) is 0.719. The molecule has 1 aliphatic rings. The summed E-state index contributed by atoms with van der Waals surface area (Å²) >= 11 is 0. The minimum Gasteiger partial charge on any atom is -0.366 e. The van der Waals surface area contributed by atoms with Crippen molar-refractivity contribution in [2.24, 2.45) is 0 Å². The average Bonchev–Trinajstić information content (AvgIpc) is 2.53. The highest BCUT2D eigenvalue weighted by molar-refractivity contribution is 5.50. The Kier molecular flexibility index (Phi) is 1.98. The van der Waals surface area contributed by atoms with Gasteiger partial charge in [-0.3, -0.25) is 5.10 Å². The lowest BCUT2D eigenvalue weighted by Gasteiger charge is -2.26. The smallest absolute Gasteiger partial charge is 0.107 e. The third-order valence-corrected chi connectivity index (χ3v) is 2.25. The third-order valence-electron chi connectivity index (χ3n) is 2.25. The van der Waals surface area contributed by atoms with E-state index in [1.54, 1.807) is 6.20 Å². The maximum Gasteiger partial charge on any atom is 0.107 e. The van der Waals surface area contributed by atoms with Gasteiger partial charge in [0.1, 0.15) is 6.67 Å². The highest BCUT2D eigenvalue weighted by Crippen LogP contribution is 2.23. The second kappa shape index (κ2) is 3.13. The first-order valence-electron chi connectivity index (χ1n) is 4.25. The maximum absolute atomic E-state index is 12.1. The van der Waals surface area contributed by atoms with Crippen molar-refractivity contribution in [1.29, 1.82) is 0 Å². The van der Waals surface area contributed by atoms with Crippen LogP contribution in [0.25, 0.3) is 0 Å². The van der Waals surface area contributed by atoms with Gasteiger partial charge in [-0.05, 0) is 12.8 Å². The number of H-pyrrole nitrogens is 1. The molecule has 66 valence electrons. The van der Waals surface area contributed by atoms with Crippen LogP contribution in [-0.2, 0) is 6.42 Å². The summed E-state index contributed by atoms with van der Waals surface area (Å²) < 4.78 is 12.1. The molecule has 0 saturated carbocycles. The molecule has 2 rings (SSSR count). The Morgan fingerprint density at radius 2 is 2.58 bits per heavy atom. The Bertz CT molecular complexity index is 259. The molecule has 0 aliphatic carbocycles. The molecule has 1 N–H and O–H groups in total. The van der Waals surface area contributed by atoms with Crippen LogP contribution in [0.1, 0.15) is 12.1 Å². The summed E-state index contributed by atoms with van der Waals surface area (Å²) in [4.78, 5) is 2.04. The van der Waals surface area contributed by atoms with Crippen molar-refractivity contribution in [3.8, 4) is 0 Å². The van der Waals surface area contributed by atoms with E-state index in [2.05, 4.69) is 10.2 Å². The molecule has 1 aromatic heterocycles. The Labute approximate surface area is 70.6 Å². The number of hydrogen-bond acceptors (Lipinski definition) is 2. The van der Waals surface area contributed by atoms with Gasteiger partial charge in [-0.1, -0.05) is 0 Å². The van der Waals surface area contributed by atoms with E-state index in [-0.39, 0.29) is 6.67 Å². The molecule has 4 heteroatoms. The topological polar surface area (TPSA) is 31.9 Å². The number of nitrogens with zero attached hydrogens (tertiary/aromatic N) is 2. The molecule has 0 amide bonds. The van der Waals surface area contributed by atoms with Gasteiger partial charge in [-0.15, -0.1) is 0 Å². The lowest BCUT2D eigenvalue weighted by molar-refractivity contribution is 0.484. The number of fused-ring (bicyclic) bond motifs is 1. The summed E-state index contributed by atoms with van der Waals surface area (Å²) in [6.45, 7) is 1.16. The number of anilines is 1. The number of aryl methyl sites for hydroxylation is 1. The molecular weight excluding hydrogens is 157 g/mol. The van der Waals surface area contributed by atoms with Gasteiger partial charge in [0.2, 0.25) is 0 Å². The molecule has 0 fully saturated rings. The summed E-state index contributed by atoms with van der Waals surface area (Å²) in [5.74, 6) is 0. The van der Waals surface area contributed by atoms with Crippen molar-refractivity contribution in [3.63, 3.8) is 0 Å². The van der Waals surface area contributed by atoms with Crippen LogP contribution in [0.5, 0.6) is 0 Å². The van der Waals surface area contributed by atoms with Gasteiger partial charge in [-0.2, -0.15) is 5.10 Å². The van der Waals surface area contributed by atoms with Crippen LogP contribution in [0.4, 0.5) is 10.1 Å². The van der Waals surface area contributed by atoms with E-state index < -0.39 is 0 Å². The van der Waals surface area contributed by atoms with Crippen molar-refractivity contribution in [1.82, 2.24) is 10.2 Å². The molecule has 0 atom stereocenters. The van der Waals surface area contributed by atoms with E-state index in [0.717, 1.165) is 30.8 Å². The third kappa shape index (κ3) is 1.17. The first-order valence-corrected chi connectivity index (χ1v) is 4.25. The first-order chi connectivity index (χ1) is 5.92. The SMILES string of the molecule is FCCN1CCCc2[nH]ncc21. The molecule has 0 saturated heterocycles. The van der Waals surface area contributed by atoms with Gasteiger partial charge in [-0.25, -0.2) is 4.39 Å². The largest absolute Gasteiger partial charge is 0.366 e. The van der Waals surface area contributed by atoms with Crippen molar-refractivity contribution < 1.29 is 4.39 Å². The zero-order valence-corrected chi connectivity index (χ0v) is 6.89.